The van der Waals surface area contributed by atoms with Gasteiger partial charge in [0.25, 0.3) is 5.91 Å². The standard InChI is InChI=1S/C19H19N3O2S.C10H7NO.2C9H14N2O2S.C8H15NO3.C5H7NO2S.C4H7ClO2/c23-18-17(11-14-3-4-16-15(10-14)2-1-7-20-16)25-19(22-18)21-12-13-5-8-24-9-6-13;12-7-8-3-4-10-9(6-8)2-1-5-11-10;2*12-8-6-14-9(11-8)10-5-7-1-3-13-4-2-7;1-7(10)12-9-6-8-2-4-11-5-3-8;1-2-8-5(7)3-9-4-6;1-2-7-4(6)3-5/h1-4,7,10-11,13H,5-6,8-9,12H2,(H,21,22,23);1-7H;2*7H,1-6H2,(H,10,11,12);8-9H,2-6H2,1H3;2-3H2,1H3;2-3H2,1H3/b17-11-;;;;;;. The minimum atomic E-state index is -0.357. The number of fused-ring (bicyclic) bond motifs is 2. The number of nitrogens with one attached hydrogen (secondary N) is 4. The summed E-state index contributed by atoms with van der Waals surface area (Å²) in [6.45, 7) is 15.5. The van der Waals surface area contributed by atoms with Crippen molar-refractivity contribution in [2.75, 3.05) is 115 Å². The zero-order valence-electron chi connectivity index (χ0n) is 52.7. The number of nitrogens with zero attached hydrogens (tertiary/aromatic N) is 6. The number of carbonyl (C=O) groups is 7. The number of aliphatic imine (C=N–C) groups is 3. The summed E-state index contributed by atoms with van der Waals surface area (Å²) >= 11 is 10.3. The summed E-state index contributed by atoms with van der Waals surface area (Å²) < 4.78 is 30.0. The first kappa shape index (κ1) is 77.2. The first-order valence-corrected chi connectivity index (χ1v) is 35.0. The molecule has 7 aliphatic heterocycles. The van der Waals surface area contributed by atoms with Gasteiger partial charge in [0.05, 0.1) is 40.7 Å². The summed E-state index contributed by atoms with van der Waals surface area (Å²) in [7, 11) is 0. The highest BCUT2D eigenvalue weighted by Gasteiger charge is 2.25. The molecular weight excluding hydrogens is 1300 g/mol. The highest BCUT2D eigenvalue weighted by atomic mass is 35.5. The number of rotatable bonds is 16. The van der Waals surface area contributed by atoms with Crippen LogP contribution < -0.4 is 21.4 Å². The largest absolute Gasteiger partial charge is 0.465 e. The van der Waals surface area contributed by atoms with E-state index in [9.17, 15) is 33.6 Å². The Bertz CT molecular complexity index is 3120. The number of amidine groups is 3. The van der Waals surface area contributed by atoms with Gasteiger partial charge in [-0.15, -0.1) is 11.6 Å². The zero-order chi connectivity index (χ0) is 66.7. The fraction of sp³-hybridized carbons (Fsp3) is 0.516. The van der Waals surface area contributed by atoms with E-state index in [0.29, 0.717) is 64.0 Å². The Morgan fingerprint density at radius 2 is 1.12 bits per heavy atom. The molecule has 29 heteroatoms. The van der Waals surface area contributed by atoms with Crippen LogP contribution in [0, 0.1) is 34.3 Å². The van der Waals surface area contributed by atoms with Crippen molar-refractivity contribution in [3.63, 3.8) is 0 Å². The first-order chi connectivity index (χ1) is 45.3. The highest BCUT2D eigenvalue weighted by Crippen LogP contribution is 2.28. The average molecular weight is 1380 g/mol. The van der Waals surface area contributed by atoms with Crippen molar-refractivity contribution in [3.8, 4) is 5.40 Å². The van der Waals surface area contributed by atoms with E-state index >= 15 is 0 Å². The van der Waals surface area contributed by atoms with Crippen molar-refractivity contribution in [2.24, 2.45) is 38.6 Å². The number of benzene rings is 2. The molecule has 504 valence electrons. The molecule has 4 aromatic rings. The van der Waals surface area contributed by atoms with E-state index < -0.39 is 0 Å². The molecule has 7 fully saturated rings. The maximum atomic E-state index is 12.2. The van der Waals surface area contributed by atoms with Crippen LogP contribution in [0.1, 0.15) is 88.1 Å². The van der Waals surface area contributed by atoms with Crippen LogP contribution in [0.2, 0.25) is 0 Å². The van der Waals surface area contributed by atoms with Gasteiger partial charge in [-0.1, -0.05) is 41.7 Å². The second-order valence-electron chi connectivity index (χ2n) is 21.0. The summed E-state index contributed by atoms with van der Waals surface area (Å²) in [5, 5.41) is 22.4. The minimum Gasteiger partial charge on any atom is -0.465 e. The van der Waals surface area contributed by atoms with Crippen LogP contribution in [0.15, 0.2) is 92.9 Å². The summed E-state index contributed by atoms with van der Waals surface area (Å²) in [6, 6.07) is 19.2. The number of ether oxygens (including phenoxy) is 6. The number of carbonyl (C=O) groups excluding carboxylic acids is 7. The van der Waals surface area contributed by atoms with Gasteiger partial charge in [0.2, 0.25) is 11.8 Å². The Balaban J connectivity index is 0.000000205. The third-order valence-corrected chi connectivity index (χ3v) is 17.4. The summed E-state index contributed by atoms with van der Waals surface area (Å²) in [6.07, 6.45) is 14.8. The quantitative estimate of drug-likeness (QED) is 0.0155. The van der Waals surface area contributed by atoms with Crippen LogP contribution in [0.25, 0.3) is 27.9 Å². The number of thiocyanates is 1. The summed E-state index contributed by atoms with van der Waals surface area (Å²) in [5.74, 6) is 2.61. The Kier molecular flexibility index (Phi) is 38.6. The predicted molar refractivity (Wildman–Crippen MR) is 367 cm³/mol. The molecule has 0 bridgehead atoms. The van der Waals surface area contributed by atoms with Crippen LogP contribution in [-0.2, 0) is 62.0 Å². The third-order valence-electron chi connectivity index (χ3n) is 13.9. The van der Waals surface area contributed by atoms with Crippen LogP contribution in [0.3, 0.4) is 0 Å². The number of hydroxylamine groups is 1. The van der Waals surface area contributed by atoms with E-state index in [0.717, 1.165) is 186 Å². The molecule has 2 aromatic heterocycles. The second kappa shape index (κ2) is 46.5. The molecule has 7 aliphatic rings. The molecule has 0 atom stereocenters. The molecule has 11 rings (SSSR count). The Labute approximate surface area is 564 Å². The monoisotopic (exact) mass is 1380 g/mol. The van der Waals surface area contributed by atoms with Crippen molar-refractivity contribution in [2.45, 2.75) is 72.1 Å². The lowest BCUT2D eigenvalue weighted by atomic mass is 10.0. The number of pyridine rings is 2. The van der Waals surface area contributed by atoms with Crippen LogP contribution in [-0.4, -0.2) is 183 Å². The van der Waals surface area contributed by atoms with E-state index in [4.69, 9.17) is 35.8 Å². The lowest BCUT2D eigenvalue weighted by Crippen LogP contribution is -2.29. The van der Waals surface area contributed by atoms with Gasteiger partial charge in [-0.3, -0.25) is 58.5 Å². The number of thioether (sulfide) groups is 4. The van der Waals surface area contributed by atoms with Crippen molar-refractivity contribution >= 4 is 144 Å². The number of nitriles is 1. The Morgan fingerprint density at radius 3 is 1.54 bits per heavy atom. The number of amides is 3. The SMILES string of the molecule is CC(=O)ONCC1CCOCC1.CCOC(=O)CCl.CCOC(=O)CSC#N.O=C1CSC(=NCC2CCOCC2)N1.O=C1CSC(=NCC2CCOCC2)N1.O=C1NC(=NCC2CCOCC2)S/C1=C\c1ccc2ncccc2c1.O=Cc1ccc2ncccc2c1. The number of aromatic nitrogens is 2. The molecule has 9 heterocycles. The Hall–Kier alpha value is -6.52. The van der Waals surface area contributed by atoms with Crippen molar-refractivity contribution < 1.29 is 66.8 Å². The van der Waals surface area contributed by atoms with E-state index in [-0.39, 0.29) is 47.3 Å². The van der Waals surface area contributed by atoms with Crippen LogP contribution >= 0.6 is 58.6 Å². The topological polar surface area (TPSA) is 319 Å². The van der Waals surface area contributed by atoms with Gasteiger partial charge in [0, 0.05) is 115 Å². The number of hydrogen-bond donors (Lipinski definition) is 4. The average Bonchev–Trinajstić information content (AvgIpc) is 1.90. The van der Waals surface area contributed by atoms with Gasteiger partial charge < -0.3 is 49.2 Å². The normalized spacial score (nSPS) is 19.2. The molecule has 0 saturated carbocycles. The molecule has 93 heavy (non-hydrogen) atoms. The van der Waals surface area contributed by atoms with Gasteiger partial charge in [-0.25, -0.2) is 0 Å². The number of alkyl halides is 1. The predicted octanol–water partition coefficient (Wildman–Crippen LogP) is 8.57. The van der Waals surface area contributed by atoms with E-state index in [2.05, 4.69) is 60.7 Å². The molecule has 0 radical (unpaired) electrons. The number of hydrogen-bond acceptors (Lipinski definition) is 25. The van der Waals surface area contributed by atoms with E-state index in [1.165, 1.54) is 42.2 Å². The fourth-order valence-corrected chi connectivity index (χ4v) is 11.5. The van der Waals surface area contributed by atoms with Gasteiger partial charge in [0.1, 0.15) is 23.3 Å². The van der Waals surface area contributed by atoms with E-state index in [1.54, 1.807) is 37.7 Å². The van der Waals surface area contributed by atoms with E-state index in [1.807, 2.05) is 60.7 Å². The van der Waals surface area contributed by atoms with Crippen molar-refractivity contribution in [3.05, 3.63) is 89.1 Å². The first-order valence-electron chi connectivity index (χ1n) is 30.7. The molecule has 0 unspecified atom stereocenters. The van der Waals surface area contributed by atoms with Gasteiger partial charge in [-0.05, 0) is 167 Å². The fourth-order valence-electron chi connectivity index (χ4n) is 8.95. The molecular formula is C64H83ClN10O14S4. The highest BCUT2D eigenvalue weighted by molar-refractivity contribution is 8.18. The van der Waals surface area contributed by atoms with Gasteiger partial charge >= 0.3 is 17.9 Å². The van der Waals surface area contributed by atoms with Crippen molar-refractivity contribution in [1.29, 1.82) is 5.26 Å². The number of esters is 2. The molecule has 7 saturated heterocycles. The molecule has 2 aromatic carbocycles. The molecule has 4 N–H and O–H groups in total. The minimum absolute atomic E-state index is 0.0478. The van der Waals surface area contributed by atoms with Gasteiger partial charge in [0.15, 0.2) is 15.5 Å². The van der Waals surface area contributed by atoms with Crippen LogP contribution in [0.5, 0.6) is 0 Å². The Morgan fingerprint density at radius 1 is 0.667 bits per heavy atom. The second-order valence-corrected chi connectivity index (χ2v) is 25.0. The smallest absolute Gasteiger partial charge is 0.321 e. The molecule has 0 aliphatic carbocycles. The maximum Gasteiger partial charge on any atom is 0.321 e. The number of aldehydes is 1. The zero-order valence-corrected chi connectivity index (χ0v) is 56.7. The summed E-state index contributed by atoms with van der Waals surface area (Å²) in [4.78, 5) is 102. The van der Waals surface area contributed by atoms with Gasteiger partial charge in [-0.2, -0.15) is 10.7 Å². The van der Waals surface area contributed by atoms with Crippen LogP contribution in [0.4, 0.5) is 0 Å². The maximum absolute atomic E-state index is 12.2. The number of halogens is 1. The molecule has 0 spiro atoms. The summed E-state index contributed by atoms with van der Waals surface area (Å²) in [5.41, 5.74) is 6.20. The molecule has 3 amide bonds. The lowest BCUT2D eigenvalue weighted by Gasteiger charge is -2.21. The third kappa shape index (κ3) is 32.9. The lowest BCUT2D eigenvalue weighted by molar-refractivity contribution is -0.149. The molecule has 24 nitrogen and oxygen atoms in total. The van der Waals surface area contributed by atoms with Crippen molar-refractivity contribution in [1.82, 2.24) is 31.4 Å².